The van der Waals surface area contributed by atoms with Crippen molar-refractivity contribution < 1.29 is 9.84 Å². The minimum atomic E-state index is -0.722. The molecule has 0 radical (unpaired) electrons. The van der Waals surface area contributed by atoms with Crippen molar-refractivity contribution in [3.8, 4) is 11.5 Å². The van der Waals surface area contributed by atoms with Crippen LogP contribution in [0.2, 0.25) is 0 Å². The van der Waals surface area contributed by atoms with E-state index in [-0.39, 0.29) is 0 Å². The maximum Gasteiger partial charge on any atom is 0.150 e. The van der Waals surface area contributed by atoms with Crippen LogP contribution in [0.15, 0.2) is 54.6 Å². The van der Waals surface area contributed by atoms with E-state index >= 15 is 0 Å². The zero-order chi connectivity index (χ0) is 14.4. The lowest BCUT2D eigenvalue weighted by Gasteiger charge is -2.23. The molecule has 0 heterocycles. The predicted octanol–water partition coefficient (Wildman–Crippen LogP) is 4.05. The van der Waals surface area contributed by atoms with Crippen LogP contribution in [-0.2, 0) is 0 Å². The first kappa shape index (κ1) is 14.4. The number of hydrogen-bond donors (Lipinski definition) is 2. The van der Waals surface area contributed by atoms with Gasteiger partial charge in [-0.05, 0) is 37.6 Å². The van der Waals surface area contributed by atoms with Crippen molar-refractivity contribution in [1.29, 1.82) is 0 Å². The van der Waals surface area contributed by atoms with Crippen molar-refractivity contribution in [3.05, 3.63) is 54.6 Å². The largest absolute Gasteiger partial charge is 0.455 e. The van der Waals surface area contributed by atoms with Crippen LogP contribution in [-0.4, -0.2) is 17.3 Å². The van der Waals surface area contributed by atoms with Crippen LogP contribution in [0.5, 0.6) is 11.5 Å². The van der Waals surface area contributed by atoms with Gasteiger partial charge in [-0.25, -0.2) is 0 Å². The third kappa shape index (κ3) is 4.00. The SMILES string of the molecule is CCC(C)(O)CNc1ccccc1Oc1ccccc1. The molecule has 2 rings (SSSR count). The minimum absolute atomic E-state index is 0.485. The summed E-state index contributed by atoms with van der Waals surface area (Å²) in [6.45, 7) is 4.27. The maximum absolute atomic E-state index is 10.1. The van der Waals surface area contributed by atoms with Gasteiger partial charge in [-0.2, -0.15) is 0 Å². The third-order valence-electron chi connectivity index (χ3n) is 3.28. The second-order valence-electron chi connectivity index (χ2n) is 5.12. The van der Waals surface area contributed by atoms with E-state index < -0.39 is 5.60 Å². The topological polar surface area (TPSA) is 41.5 Å². The molecule has 0 bridgehead atoms. The van der Waals surface area contributed by atoms with Gasteiger partial charge in [-0.15, -0.1) is 0 Å². The molecule has 2 aromatic carbocycles. The van der Waals surface area contributed by atoms with Gasteiger partial charge in [0.05, 0.1) is 11.3 Å². The van der Waals surface area contributed by atoms with E-state index in [2.05, 4.69) is 5.32 Å². The molecule has 0 spiro atoms. The van der Waals surface area contributed by atoms with Gasteiger partial charge in [-0.3, -0.25) is 0 Å². The van der Waals surface area contributed by atoms with Gasteiger partial charge in [0.1, 0.15) is 5.75 Å². The Kier molecular flexibility index (Phi) is 4.64. The lowest BCUT2D eigenvalue weighted by molar-refractivity contribution is 0.0697. The van der Waals surface area contributed by atoms with Gasteiger partial charge < -0.3 is 15.2 Å². The fourth-order valence-electron chi connectivity index (χ4n) is 1.73. The molecule has 0 aromatic heterocycles. The van der Waals surface area contributed by atoms with Crippen LogP contribution >= 0.6 is 0 Å². The number of hydrogen-bond acceptors (Lipinski definition) is 3. The van der Waals surface area contributed by atoms with Gasteiger partial charge in [0.2, 0.25) is 0 Å². The zero-order valence-corrected chi connectivity index (χ0v) is 12.0. The van der Waals surface area contributed by atoms with Crippen molar-refractivity contribution >= 4 is 5.69 Å². The highest BCUT2D eigenvalue weighted by molar-refractivity contribution is 5.57. The summed E-state index contributed by atoms with van der Waals surface area (Å²) < 4.78 is 5.86. The summed E-state index contributed by atoms with van der Waals surface area (Å²) >= 11 is 0. The Labute approximate surface area is 120 Å². The summed E-state index contributed by atoms with van der Waals surface area (Å²) in [5.41, 5.74) is 0.157. The molecule has 0 saturated heterocycles. The van der Waals surface area contributed by atoms with Crippen molar-refractivity contribution in [2.45, 2.75) is 25.9 Å². The molecule has 1 atom stereocenters. The van der Waals surface area contributed by atoms with E-state index in [1.54, 1.807) is 0 Å². The molecule has 0 fully saturated rings. The summed E-state index contributed by atoms with van der Waals surface area (Å²) in [5, 5.41) is 13.3. The van der Waals surface area contributed by atoms with E-state index in [0.717, 1.165) is 17.2 Å². The second-order valence-corrected chi connectivity index (χ2v) is 5.12. The quantitative estimate of drug-likeness (QED) is 0.832. The van der Waals surface area contributed by atoms with Crippen molar-refractivity contribution in [3.63, 3.8) is 0 Å². The molecule has 2 aromatic rings. The fraction of sp³-hybridized carbons (Fsp3) is 0.294. The summed E-state index contributed by atoms with van der Waals surface area (Å²) in [6, 6.07) is 17.4. The minimum Gasteiger partial charge on any atom is -0.455 e. The number of ether oxygens (including phenoxy) is 1. The van der Waals surface area contributed by atoms with E-state index in [4.69, 9.17) is 4.74 Å². The lowest BCUT2D eigenvalue weighted by atomic mass is 10.0. The van der Waals surface area contributed by atoms with Gasteiger partial charge in [0.25, 0.3) is 0 Å². The van der Waals surface area contributed by atoms with Crippen molar-refractivity contribution in [2.75, 3.05) is 11.9 Å². The molecular formula is C17H21NO2. The van der Waals surface area contributed by atoms with E-state index in [1.807, 2.05) is 68.4 Å². The summed E-state index contributed by atoms with van der Waals surface area (Å²) in [5.74, 6) is 1.55. The highest BCUT2D eigenvalue weighted by Crippen LogP contribution is 2.29. The molecule has 0 aliphatic heterocycles. The number of benzene rings is 2. The van der Waals surface area contributed by atoms with Gasteiger partial charge in [0, 0.05) is 6.54 Å². The highest BCUT2D eigenvalue weighted by atomic mass is 16.5. The van der Waals surface area contributed by atoms with Gasteiger partial charge >= 0.3 is 0 Å². The van der Waals surface area contributed by atoms with Crippen LogP contribution in [0.3, 0.4) is 0 Å². The molecule has 0 saturated carbocycles. The van der Waals surface area contributed by atoms with Crippen molar-refractivity contribution in [2.24, 2.45) is 0 Å². The Balaban J connectivity index is 2.10. The number of rotatable bonds is 6. The number of aliphatic hydroxyl groups is 1. The van der Waals surface area contributed by atoms with Crippen molar-refractivity contribution in [1.82, 2.24) is 0 Å². The summed E-state index contributed by atoms with van der Waals surface area (Å²) in [4.78, 5) is 0. The first-order valence-electron chi connectivity index (χ1n) is 6.89. The van der Waals surface area contributed by atoms with Crippen LogP contribution < -0.4 is 10.1 Å². The fourth-order valence-corrected chi connectivity index (χ4v) is 1.73. The molecular weight excluding hydrogens is 250 g/mol. The number of nitrogens with one attached hydrogen (secondary N) is 1. The zero-order valence-electron chi connectivity index (χ0n) is 12.0. The average Bonchev–Trinajstić information content (AvgIpc) is 2.47. The first-order chi connectivity index (χ1) is 9.61. The normalized spacial score (nSPS) is 13.6. The first-order valence-corrected chi connectivity index (χ1v) is 6.89. The van der Waals surface area contributed by atoms with Crippen LogP contribution in [0.4, 0.5) is 5.69 Å². The van der Waals surface area contributed by atoms with Crippen LogP contribution in [0.1, 0.15) is 20.3 Å². The molecule has 2 N–H and O–H groups in total. The molecule has 20 heavy (non-hydrogen) atoms. The monoisotopic (exact) mass is 271 g/mol. The lowest BCUT2D eigenvalue weighted by Crippen LogP contribution is -2.32. The molecule has 3 nitrogen and oxygen atoms in total. The standard InChI is InChI=1S/C17H21NO2/c1-3-17(2,19)13-18-15-11-7-8-12-16(15)20-14-9-5-4-6-10-14/h4-12,18-19H,3,13H2,1-2H3. The van der Waals surface area contributed by atoms with Crippen LogP contribution in [0, 0.1) is 0 Å². The molecule has 0 aliphatic carbocycles. The van der Waals surface area contributed by atoms with E-state index in [1.165, 1.54) is 0 Å². The predicted molar refractivity (Wildman–Crippen MR) is 82.4 cm³/mol. The Hall–Kier alpha value is -2.00. The Morgan fingerprint density at radius 1 is 1.05 bits per heavy atom. The molecule has 0 amide bonds. The number of para-hydroxylation sites is 3. The molecule has 0 aliphatic rings. The van der Waals surface area contributed by atoms with Gasteiger partial charge in [0.15, 0.2) is 5.75 Å². The third-order valence-corrected chi connectivity index (χ3v) is 3.28. The second kappa shape index (κ2) is 6.44. The van der Waals surface area contributed by atoms with E-state index in [0.29, 0.717) is 13.0 Å². The summed E-state index contributed by atoms with van der Waals surface area (Å²) in [6.07, 6.45) is 0.696. The average molecular weight is 271 g/mol. The smallest absolute Gasteiger partial charge is 0.150 e. The molecule has 3 heteroatoms. The Morgan fingerprint density at radius 2 is 1.70 bits per heavy atom. The molecule has 1 unspecified atom stereocenters. The number of anilines is 1. The Morgan fingerprint density at radius 3 is 2.40 bits per heavy atom. The maximum atomic E-state index is 10.1. The van der Waals surface area contributed by atoms with E-state index in [9.17, 15) is 5.11 Å². The molecule has 106 valence electrons. The van der Waals surface area contributed by atoms with Crippen LogP contribution in [0.25, 0.3) is 0 Å². The van der Waals surface area contributed by atoms with Gasteiger partial charge in [-0.1, -0.05) is 37.3 Å². The highest BCUT2D eigenvalue weighted by Gasteiger charge is 2.17. The summed E-state index contributed by atoms with van der Waals surface area (Å²) in [7, 11) is 0. The Bertz CT molecular complexity index is 538.